The molecule has 1 fully saturated rings. The van der Waals surface area contributed by atoms with Crippen LogP contribution < -0.4 is 5.32 Å². The van der Waals surface area contributed by atoms with E-state index in [0.29, 0.717) is 0 Å². The van der Waals surface area contributed by atoms with Gasteiger partial charge in [-0.25, -0.2) is 9.97 Å². The average Bonchev–Trinajstić information content (AvgIpc) is 3.37. The normalized spacial score (nSPS) is 15.8. The van der Waals surface area contributed by atoms with E-state index in [1.54, 1.807) is 22.7 Å². The molecule has 1 N–H and O–H groups in total. The Kier molecular flexibility index (Phi) is 5.38. The van der Waals surface area contributed by atoms with Crippen molar-refractivity contribution in [2.24, 2.45) is 5.92 Å². The van der Waals surface area contributed by atoms with E-state index in [1.807, 2.05) is 46.7 Å². The smallest absolute Gasteiger partial charge is 0.227 e. The quantitative estimate of drug-likeness (QED) is 0.719. The van der Waals surface area contributed by atoms with E-state index in [-0.39, 0.29) is 11.8 Å². The van der Waals surface area contributed by atoms with Gasteiger partial charge < -0.3 is 5.32 Å². The Morgan fingerprint density at radius 2 is 2.15 bits per heavy atom. The van der Waals surface area contributed by atoms with Gasteiger partial charge in [0.15, 0.2) is 0 Å². The van der Waals surface area contributed by atoms with E-state index >= 15 is 0 Å². The Balaban J connectivity index is 1.32. The van der Waals surface area contributed by atoms with Gasteiger partial charge in [0, 0.05) is 34.1 Å². The molecule has 0 bridgehead atoms. The molecule has 1 saturated heterocycles. The van der Waals surface area contributed by atoms with Gasteiger partial charge in [-0.15, -0.1) is 22.7 Å². The van der Waals surface area contributed by atoms with Crippen LogP contribution >= 0.6 is 22.7 Å². The molecule has 0 radical (unpaired) electrons. The van der Waals surface area contributed by atoms with Crippen LogP contribution in [0.15, 0.2) is 46.7 Å². The minimum absolute atomic E-state index is 0.0745. The molecule has 4 rings (SSSR count). The first-order chi connectivity index (χ1) is 12.8. The van der Waals surface area contributed by atoms with E-state index in [2.05, 4.69) is 20.2 Å². The van der Waals surface area contributed by atoms with Gasteiger partial charge in [-0.3, -0.25) is 9.69 Å². The van der Waals surface area contributed by atoms with E-state index in [4.69, 9.17) is 0 Å². The van der Waals surface area contributed by atoms with Gasteiger partial charge in [-0.05, 0) is 38.1 Å². The van der Waals surface area contributed by atoms with Crippen LogP contribution in [0.3, 0.4) is 0 Å². The number of rotatable bonds is 5. The zero-order chi connectivity index (χ0) is 17.8. The molecule has 0 aliphatic carbocycles. The monoisotopic (exact) mass is 384 g/mol. The summed E-state index contributed by atoms with van der Waals surface area (Å²) >= 11 is 3.26. The Morgan fingerprint density at radius 3 is 2.88 bits per heavy atom. The number of carbonyl (C=O) groups excluding carboxylic acids is 1. The van der Waals surface area contributed by atoms with Gasteiger partial charge in [0.05, 0.1) is 17.7 Å². The number of aromatic nitrogens is 2. The number of nitrogens with zero attached hydrogens (tertiary/aromatic N) is 3. The first kappa shape index (κ1) is 17.3. The molecule has 0 spiro atoms. The van der Waals surface area contributed by atoms with Crippen LogP contribution in [-0.2, 0) is 11.3 Å². The highest BCUT2D eigenvalue weighted by Gasteiger charge is 2.25. The number of anilines is 1. The molecule has 1 aromatic carbocycles. The minimum Gasteiger partial charge on any atom is -0.326 e. The summed E-state index contributed by atoms with van der Waals surface area (Å²) in [6, 6.07) is 7.90. The molecule has 1 aliphatic heterocycles. The molecule has 5 nitrogen and oxygen atoms in total. The number of carbonyl (C=O) groups is 1. The number of piperidine rings is 1. The van der Waals surface area contributed by atoms with Crippen LogP contribution in [0.2, 0.25) is 0 Å². The third kappa shape index (κ3) is 4.17. The fourth-order valence-electron chi connectivity index (χ4n) is 3.23. The first-order valence-electron chi connectivity index (χ1n) is 8.68. The number of benzene rings is 1. The highest BCUT2D eigenvalue weighted by Crippen LogP contribution is 2.25. The van der Waals surface area contributed by atoms with Crippen molar-refractivity contribution in [1.29, 1.82) is 0 Å². The van der Waals surface area contributed by atoms with Crippen molar-refractivity contribution < 1.29 is 4.79 Å². The third-order valence-electron chi connectivity index (χ3n) is 4.66. The molecule has 3 aromatic rings. The topological polar surface area (TPSA) is 58.1 Å². The number of amides is 1. The van der Waals surface area contributed by atoms with Crippen LogP contribution in [0, 0.1) is 5.92 Å². The number of nitrogens with one attached hydrogen (secondary N) is 1. The van der Waals surface area contributed by atoms with Gasteiger partial charge in [0.2, 0.25) is 5.91 Å². The summed E-state index contributed by atoms with van der Waals surface area (Å²) in [6.07, 6.45) is 3.63. The molecular weight excluding hydrogens is 364 g/mol. The Labute approximate surface area is 160 Å². The highest BCUT2D eigenvalue weighted by atomic mass is 32.1. The number of hydrogen-bond acceptors (Lipinski definition) is 6. The first-order valence-corrected chi connectivity index (χ1v) is 10.5. The van der Waals surface area contributed by atoms with E-state index < -0.39 is 0 Å². The minimum atomic E-state index is 0.0745. The highest BCUT2D eigenvalue weighted by molar-refractivity contribution is 7.09. The second-order valence-corrected chi connectivity index (χ2v) is 8.12. The number of likely N-dealkylation sites (tertiary alicyclic amines) is 1. The molecule has 1 amide bonds. The maximum Gasteiger partial charge on any atom is 0.227 e. The van der Waals surface area contributed by atoms with Crippen molar-refractivity contribution in [3.8, 4) is 11.3 Å². The molecule has 3 heterocycles. The van der Waals surface area contributed by atoms with Crippen molar-refractivity contribution in [3.05, 3.63) is 51.7 Å². The molecule has 2 aromatic heterocycles. The summed E-state index contributed by atoms with van der Waals surface area (Å²) in [5, 5.41) is 8.25. The summed E-state index contributed by atoms with van der Waals surface area (Å²) in [4.78, 5) is 23.7. The Bertz CT molecular complexity index is 840. The Morgan fingerprint density at radius 1 is 1.27 bits per heavy atom. The lowest BCUT2D eigenvalue weighted by Crippen LogP contribution is -2.37. The zero-order valence-corrected chi connectivity index (χ0v) is 15.9. The van der Waals surface area contributed by atoms with Crippen molar-refractivity contribution >= 4 is 34.3 Å². The Hall–Kier alpha value is -2.09. The number of hydrogen-bond donors (Lipinski definition) is 1. The molecular formula is C19H20N4OS2. The van der Waals surface area contributed by atoms with Crippen LogP contribution in [0.25, 0.3) is 11.3 Å². The largest absolute Gasteiger partial charge is 0.326 e. The van der Waals surface area contributed by atoms with Crippen molar-refractivity contribution in [2.45, 2.75) is 19.4 Å². The maximum atomic E-state index is 12.6. The standard InChI is InChI=1S/C19H20N4OS2/c24-19(14-4-7-23(8-5-14)11-18-20-6-9-26-18)22-16-3-1-2-15(10-16)17-12-25-13-21-17/h1-3,6,9-10,12-14H,4-5,7-8,11H2,(H,22,24). The van der Waals surface area contributed by atoms with Crippen molar-refractivity contribution in [2.75, 3.05) is 18.4 Å². The summed E-state index contributed by atoms with van der Waals surface area (Å²) in [5.74, 6) is 0.194. The molecule has 134 valence electrons. The molecule has 1 aliphatic rings. The summed E-state index contributed by atoms with van der Waals surface area (Å²) < 4.78 is 0. The van der Waals surface area contributed by atoms with Gasteiger partial charge >= 0.3 is 0 Å². The molecule has 26 heavy (non-hydrogen) atoms. The van der Waals surface area contributed by atoms with E-state index in [9.17, 15) is 4.79 Å². The fraction of sp³-hybridized carbons (Fsp3) is 0.316. The van der Waals surface area contributed by atoms with Crippen LogP contribution in [0.4, 0.5) is 5.69 Å². The second kappa shape index (κ2) is 8.07. The maximum absolute atomic E-state index is 12.6. The lowest BCUT2D eigenvalue weighted by atomic mass is 9.95. The van der Waals surface area contributed by atoms with Gasteiger partial charge in [-0.2, -0.15) is 0 Å². The lowest BCUT2D eigenvalue weighted by molar-refractivity contribution is -0.121. The van der Waals surface area contributed by atoms with E-state index in [1.165, 1.54) is 0 Å². The number of thiazole rings is 2. The predicted octanol–water partition coefficient (Wildman–Crippen LogP) is 4.12. The summed E-state index contributed by atoms with van der Waals surface area (Å²) in [5.41, 5.74) is 4.63. The molecule has 0 saturated carbocycles. The van der Waals surface area contributed by atoms with Crippen LogP contribution in [-0.4, -0.2) is 33.9 Å². The molecule has 7 heteroatoms. The fourth-order valence-corrected chi connectivity index (χ4v) is 4.45. The molecule has 0 atom stereocenters. The molecule has 0 unspecified atom stereocenters. The summed E-state index contributed by atoms with van der Waals surface area (Å²) in [7, 11) is 0. The predicted molar refractivity (Wildman–Crippen MR) is 106 cm³/mol. The van der Waals surface area contributed by atoms with Gasteiger partial charge in [0.25, 0.3) is 0 Å². The van der Waals surface area contributed by atoms with E-state index in [0.717, 1.165) is 54.4 Å². The van der Waals surface area contributed by atoms with Gasteiger partial charge in [-0.1, -0.05) is 12.1 Å². The van der Waals surface area contributed by atoms with Crippen molar-refractivity contribution in [1.82, 2.24) is 14.9 Å². The SMILES string of the molecule is O=C(Nc1cccc(-c2cscn2)c1)C1CCN(Cc2nccs2)CC1. The van der Waals surface area contributed by atoms with Crippen LogP contribution in [0.5, 0.6) is 0 Å². The summed E-state index contributed by atoms with van der Waals surface area (Å²) in [6.45, 7) is 2.77. The second-order valence-electron chi connectivity index (χ2n) is 6.42. The lowest BCUT2D eigenvalue weighted by Gasteiger charge is -2.30. The van der Waals surface area contributed by atoms with Gasteiger partial charge in [0.1, 0.15) is 5.01 Å². The average molecular weight is 385 g/mol. The van der Waals surface area contributed by atoms with Crippen molar-refractivity contribution in [3.63, 3.8) is 0 Å². The third-order valence-corrected chi connectivity index (χ3v) is 6.01. The van der Waals surface area contributed by atoms with Crippen LogP contribution in [0.1, 0.15) is 17.8 Å². The zero-order valence-electron chi connectivity index (χ0n) is 14.3.